The van der Waals surface area contributed by atoms with Crippen LogP contribution in [0, 0.1) is 12.7 Å². The summed E-state index contributed by atoms with van der Waals surface area (Å²) < 4.78 is 18.3. The van der Waals surface area contributed by atoms with Crippen LogP contribution in [0.5, 0.6) is 5.75 Å². The SMILES string of the molecule is C=C(CCNC=O)NC(=O)COc1ccc(F)c(C)c1. The largest absolute Gasteiger partial charge is 0.484 e. The molecule has 2 N–H and O–H groups in total. The number of ether oxygens (including phenoxy) is 1. The molecule has 5 nitrogen and oxygen atoms in total. The third kappa shape index (κ3) is 5.51. The Bertz CT molecular complexity index is 503. The van der Waals surface area contributed by atoms with E-state index in [1.54, 1.807) is 6.92 Å². The van der Waals surface area contributed by atoms with Crippen LogP contribution in [0.3, 0.4) is 0 Å². The maximum atomic E-state index is 13.0. The molecule has 108 valence electrons. The number of hydrogen-bond donors (Lipinski definition) is 2. The number of benzene rings is 1. The van der Waals surface area contributed by atoms with E-state index in [1.807, 2.05) is 0 Å². The summed E-state index contributed by atoms with van der Waals surface area (Å²) in [6.07, 6.45) is 1.02. The molecule has 0 atom stereocenters. The molecule has 0 spiro atoms. The first-order chi connectivity index (χ1) is 9.52. The van der Waals surface area contributed by atoms with Crippen molar-refractivity contribution in [2.75, 3.05) is 13.2 Å². The topological polar surface area (TPSA) is 67.4 Å². The van der Waals surface area contributed by atoms with Crippen LogP contribution in [0.2, 0.25) is 0 Å². The van der Waals surface area contributed by atoms with E-state index >= 15 is 0 Å². The standard InChI is InChI=1S/C14H17FN2O3/c1-10-7-12(3-4-13(10)15)20-8-14(19)17-11(2)5-6-16-9-18/h3-4,7,9H,2,5-6,8H2,1H3,(H,16,18)(H,17,19). The van der Waals surface area contributed by atoms with Gasteiger partial charge in [-0.15, -0.1) is 0 Å². The van der Waals surface area contributed by atoms with Gasteiger partial charge in [-0.05, 0) is 30.7 Å². The number of carbonyl (C=O) groups is 2. The Balaban J connectivity index is 2.33. The molecule has 0 aliphatic carbocycles. The van der Waals surface area contributed by atoms with Gasteiger partial charge in [-0.1, -0.05) is 6.58 Å². The quantitative estimate of drug-likeness (QED) is 0.557. The lowest BCUT2D eigenvalue weighted by Crippen LogP contribution is -2.29. The van der Waals surface area contributed by atoms with Crippen molar-refractivity contribution in [2.45, 2.75) is 13.3 Å². The van der Waals surface area contributed by atoms with Gasteiger partial charge in [0.1, 0.15) is 11.6 Å². The second-order valence-electron chi connectivity index (χ2n) is 4.17. The van der Waals surface area contributed by atoms with Crippen molar-refractivity contribution in [1.82, 2.24) is 10.6 Å². The summed E-state index contributed by atoms with van der Waals surface area (Å²) in [7, 11) is 0. The third-order valence-corrected chi connectivity index (χ3v) is 2.47. The van der Waals surface area contributed by atoms with Gasteiger partial charge >= 0.3 is 0 Å². The summed E-state index contributed by atoms with van der Waals surface area (Å²) in [6, 6.07) is 4.26. The molecular formula is C14H17FN2O3. The lowest BCUT2D eigenvalue weighted by Gasteiger charge is -2.10. The van der Waals surface area contributed by atoms with Gasteiger partial charge < -0.3 is 15.4 Å². The molecule has 0 aliphatic rings. The van der Waals surface area contributed by atoms with Crippen molar-refractivity contribution in [3.63, 3.8) is 0 Å². The van der Waals surface area contributed by atoms with Crippen molar-refractivity contribution >= 4 is 12.3 Å². The van der Waals surface area contributed by atoms with Gasteiger partial charge in [-0.25, -0.2) is 4.39 Å². The van der Waals surface area contributed by atoms with E-state index in [1.165, 1.54) is 18.2 Å². The van der Waals surface area contributed by atoms with E-state index in [0.717, 1.165) is 0 Å². The summed E-state index contributed by atoms with van der Waals surface area (Å²) >= 11 is 0. The number of carbonyl (C=O) groups excluding carboxylic acids is 2. The van der Waals surface area contributed by atoms with Crippen molar-refractivity contribution in [2.24, 2.45) is 0 Å². The minimum absolute atomic E-state index is 0.189. The van der Waals surface area contributed by atoms with Gasteiger partial charge in [0.15, 0.2) is 6.61 Å². The molecule has 0 bridgehead atoms. The van der Waals surface area contributed by atoms with Gasteiger partial charge in [0, 0.05) is 18.7 Å². The predicted molar refractivity (Wildman–Crippen MR) is 72.6 cm³/mol. The minimum Gasteiger partial charge on any atom is -0.484 e. The smallest absolute Gasteiger partial charge is 0.262 e. The first-order valence-corrected chi connectivity index (χ1v) is 6.06. The Morgan fingerprint density at radius 3 is 2.90 bits per heavy atom. The maximum Gasteiger partial charge on any atom is 0.262 e. The fourth-order valence-electron chi connectivity index (χ4n) is 1.43. The van der Waals surface area contributed by atoms with Crippen LogP contribution in [0.15, 0.2) is 30.5 Å². The van der Waals surface area contributed by atoms with Gasteiger partial charge in [0.05, 0.1) is 0 Å². The lowest BCUT2D eigenvalue weighted by molar-refractivity contribution is -0.122. The Morgan fingerprint density at radius 2 is 2.25 bits per heavy atom. The average molecular weight is 280 g/mol. The summed E-state index contributed by atoms with van der Waals surface area (Å²) in [5, 5.41) is 5.01. The molecule has 6 heteroatoms. The molecule has 20 heavy (non-hydrogen) atoms. The van der Waals surface area contributed by atoms with Crippen LogP contribution in [0.25, 0.3) is 0 Å². The summed E-state index contributed by atoms with van der Waals surface area (Å²) in [5.74, 6) is -0.256. The summed E-state index contributed by atoms with van der Waals surface area (Å²) in [6.45, 7) is 5.48. The number of hydrogen-bond acceptors (Lipinski definition) is 3. The molecule has 0 fully saturated rings. The molecule has 0 saturated heterocycles. The monoisotopic (exact) mass is 280 g/mol. The van der Waals surface area contributed by atoms with E-state index in [2.05, 4.69) is 17.2 Å². The number of amides is 2. The summed E-state index contributed by atoms with van der Waals surface area (Å²) in [5.41, 5.74) is 0.940. The first kappa shape index (κ1) is 15.7. The Morgan fingerprint density at radius 1 is 1.50 bits per heavy atom. The second-order valence-corrected chi connectivity index (χ2v) is 4.17. The molecule has 0 aliphatic heterocycles. The highest BCUT2D eigenvalue weighted by Crippen LogP contribution is 2.15. The van der Waals surface area contributed by atoms with Crippen molar-refractivity contribution in [3.8, 4) is 5.75 Å². The molecule has 1 aromatic carbocycles. The highest BCUT2D eigenvalue weighted by Gasteiger charge is 2.05. The van der Waals surface area contributed by atoms with E-state index in [0.29, 0.717) is 36.4 Å². The Labute approximate surface area is 116 Å². The number of aryl methyl sites for hydroxylation is 1. The van der Waals surface area contributed by atoms with E-state index in [-0.39, 0.29) is 18.3 Å². The molecule has 2 amide bonds. The molecule has 0 unspecified atom stereocenters. The van der Waals surface area contributed by atoms with Crippen LogP contribution >= 0.6 is 0 Å². The molecule has 0 saturated carbocycles. The zero-order chi connectivity index (χ0) is 15.0. The number of rotatable bonds is 8. The zero-order valence-corrected chi connectivity index (χ0v) is 11.2. The van der Waals surface area contributed by atoms with Crippen LogP contribution in [-0.2, 0) is 9.59 Å². The molecule has 0 radical (unpaired) electrons. The van der Waals surface area contributed by atoms with Crippen molar-refractivity contribution in [3.05, 3.63) is 41.9 Å². The highest BCUT2D eigenvalue weighted by molar-refractivity contribution is 5.79. The first-order valence-electron chi connectivity index (χ1n) is 6.06. The fraction of sp³-hybridized carbons (Fsp3) is 0.286. The Hall–Kier alpha value is -2.37. The van der Waals surface area contributed by atoms with Gasteiger partial charge in [-0.3, -0.25) is 9.59 Å². The van der Waals surface area contributed by atoms with E-state index in [4.69, 9.17) is 4.74 Å². The van der Waals surface area contributed by atoms with Crippen LogP contribution in [0.1, 0.15) is 12.0 Å². The molecule has 0 heterocycles. The normalized spacial score (nSPS) is 9.70. The van der Waals surface area contributed by atoms with Gasteiger partial charge in [0.2, 0.25) is 6.41 Å². The van der Waals surface area contributed by atoms with Crippen molar-refractivity contribution < 1.29 is 18.7 Å². The zero-order valence-electron chi connectivity index (χ0n) is 11.2. The maximum absolute atomic E-state index is 13.0. The average Bonchev–Trinajstić information content (AvgIpc) is 2.40. The second kappa shape index (κ2) is 7.93. The third-order valence-electron chi connectivity index (χ3n) is 2.47. The fourth-order valence-corrected chi connectivity index (χ4v) is 1.43. The minimum atomic E-state index is -0.358. The Kier molecular flexibility index (Phi) is 6.22. The number of nitrogens with one attached hydrogen (secondary N) is 2. The van der Waals surface area contributed by atoms with Gasteiger partial charge in [-0.2, -0.15) is 0 Å². The van der Waals surface area contributed by atoms with Crippen molar-refractivity contribution in [1.29, 1.82) is 0 Å². The molecule has 1 rings (SSSR count). The molecular weight excluding hydrogens is 263 g/mol. The van der Waals surface area contributed by atoms with E-state index in [9.17, 15) is 14.0 Å². The van der Waals surface area contributed by atoms with Crippen LogP contribution < -0.4 is 15.4 Å². The number of halogens is 1. The molecule has 0 aromatic heterocycles. The van der Waals surface area contributed by atoms with Gasteiger partial charge in [0.25, 0.3) is 5.91 Å². The summed E-state index contributed by atoms with van der Waals surface area (Å²) in [4.78, 5) is 21.6. The highest BCUT2D eigenvalue weighted by atomic mass is 19.1. The molecule has 1 aromatic rings. The van der Waals surface area contributed by atoms with Crippen LogP contribution in [0.4, 0.5) is 4.39 Å². The predicted octanol–water partition coefficient (Wildman–Crippen LogP) is 1.28. The van der Waals surface area contributed by atoms with E-state index < -0.39 is 0 Å². The lowest BCUT2D eigenvalue weighted by atomic mass is 10.2. The van der Waals surface area contributed by atoms with Crippen LogP contribution in [-0.4, -0.2) is 25.5 Å².